The average molecular weight is 319 g/mol. The van der Waals surface area contributed by atoms with Gasteiger partial charge in [-0.1, -0.05) is 51.9 Å². The molecule has 126 valence electrons. The largest absolute Gasteiger partial charge is 0.271 e. The lowest BCUT2D eigenvalue weighted by molar-refractivity contribution is 0.256. The first-order valence-electron chi connectivity index (χ1n) is 8.64. The van der Waals surface area contributed by atoms with E-state index in [-0.39, 0.29) is 11.3 Å². The van der Waals surface area contributed by atoms with Crippen LogP contribution in [0, 0.1) is 5.92 Å². The Morgan fingerprint density at radius 3 is 2.43 bits per heavy atom. The maximum atomic E-state index is 11.8. The van der Waals surface area contributed by atoms with E-state index in [4.69, 9.17) is 5.84 Å². The van der Waals surface area contributed by atoms with Crippen molar-refractivity contribution in [3.05, 3.63) is 0 Å². The lowest BCUT2D eigenvalue weighted by Gasteiger charge is -2.33. The smallest absolute Gasteiger partial charge is 0.150 e. The van der Waals surface area contributed by atoms with Crippen LogP contribution in [-0.4, -0.2) is 26.0 Å². The fraction of sp³-hybridized carbons (Fsp3) is 1.00. The van der Waals surface area contributed by atoms with E-state index < -0.39 is 9.84 Å². The number of unbranched alkanes of at least 4 members (excludes halogenated alkanes) is 5. The molecule has 0 aromatic carbocycles. The van der Waals surface area contributed by atoms with Gasteiger partial charge in [-0.2, -0.15) is 0 Å². The minimum atomic E-state index is -2.90. The van der Waals surface area contributed by atoms with E-state index in [0.717, 1.165) is 32.1 Å². The van der Waals surface area contributed by atoms with Crippen molar-refractivity contribution in [2.45, 2.75) is 88.8 Å². The van der Waals surface area contributed by atoms with Gasteiger partial charge in [0.05, 0.1) is 5.25 Å². The Labute approximate surface area is 131 Å². The van der Waals surface area contributed by atoms with Crippen molar-refractivity contribution < 1.29 is 8.42 Å². The summed E-state index contributed by atoms with van der Waals surface area (Å²) in [4.78, 5) is 0. The summed E-state index contributed by atoms with van der Waals surface area (Å²) >= 11 is 0. The Morgan fingerprint density at radius 2 is 1.81 bits per heavy atom. The second-order valence-corrected chi connectivity index (χ2v) is 9.03. The molecule has 0 aromatic heterocycles. The summed E-state index contributed by atoms with van der Waals surface area (Å²) in [6.45, 7) is 2.23. The maximum absolute atomic E-state index is 11.8. The maximum Gasteiger partial charge on any atom is 0.150 e. The summed E-state index contributed by atoms with van der Waals surface area (Å²) in [6, 6.07) is 0.278. The van der Waals surface area contributed by atoms with Gasteiger partial charge < -0.3 is 0 Å². The van der Waals surface area contributed by atoms with Gasteiger partial charge in [0.2, 0.25) is 0 Å². The quantitative estimate of drug-likeness (QED) is 0.369. The standard InChI is InChI=1S/C16H34N2O2S/c1-3-4-5-6-7-8-12-16(18-17)14-10-9-11-15(13-14)21(2,19)20/h14-16,18H,3-13,17H2,1-2H3. The van der Waals surface area contributed by atoms with Crippen molar-refractivity contribution in [1.29, 1.82) is 0 Å². The van der Waals surface area contributed by atoms with Gasteiger partial charge in [-0.05, 0) is 31.6 Å². The fourth-order valence-corrected chi connectivity index (χ4v) is 4.73. The average Bonchev–Trinajstić information content (AvgIpc) is 2.46. The summed E-state index contributed by atoms with van der Waals surface area (Å²) in [7, 11) is -2.90. The number of hydrogen-bond acceptors (Lipinski definition) is 4. The number of hydrogen-bond donors (Lipinski definition) is 2. The zero-order valence-electron chi connectivity index (χ0n) is 13.8. The normalized spacial score (nSPS) is 24.9. The molecule has 5 heteroatoms. The van der Waals surface area contributed by atoms with Crippen LogP contribution >= 0.6 is 0 Å². The molecule has 21 heavy (non-hydrogen) atoms. The highest BCUT2D eigenvalue weighted by molar-refractivity contribution is 7.91. The Morgan fingerprint density at radius 1 is 1.14 bits per heavy atom. The van der Waals surface area contributed by atoms with E-state index in [1.807, 2.05) is 0 Å². The van der Waals surface area contributed by atoms with Crippen molar-refractivity contribution in [2.24, 2.45) is 11.8 Å². The first-order valence-corrected chi connectivity index (χ1v) is 10.6. The lowest BCUT2D eigenvalue weighted by Crippen LogP contribution is -2.44. The molecule has 4 nitrogen and oxygen atoms in total. The third kappa shape index (κ3) is 7.11. The second kappa shape index (κ2) is 9.80. The lowest BCUT2D eigenvalue weighted by atomic mass is 9.82. The molecule has 1 aliphatic rings. The molecule has 3 N–H and O–H groups in total. The molecule has 0 heterocycles. The Balaban J connectivity index is 2.34. The molecule has 0 bridgehead atoms. The number of nitrogens with two attached hydrogens (primary N) is 1. The molecule has 3 unspecified atom stereocenters. The summed E-state index contributed by atoms with van der Waals surface area (Å²) < 4.78 is 23.5. The summed E-state index contributed by atoms with van der Waals surface area (Å²) in [5.41, 5.74) is 2.95. The second-order valence-electron chi connectivity index (χ2n) is 6.71. The first kappa shape index (κ1) is 18.9. The van der Waals surface area contributed by atoms with Gasteiger partial charge in [-0.3, -0.25) is 11.3 Å². The van der Waals surface area contributed by atoms with Crippen LogP contribution in [0.3, 0.4) is 0 Å². The van der Waals surface area contributed by atoms with E-state index in [2.05, 4.69) is 12.3 Å². The molecule has 0 saturated heterocycles. The summed E-state index contributed by atoms with van der Waals surface area (Å²) in [6.07, 6.45) is 13.9. The minimum Gasteiger partial charge on any atom is -0.271 e. The predicted molar refractivity (Wildman–Crippen MR) is 89.7 cm³/mol. The van der Waals surface area contributed by atoms with Crippen LogP contribution in [-0.2, 0) is 9.84 Å². The van der Waals surface area contributed by atoms with E-state index in [0.29, 0.717) is 5.92 Å². The Bertz CT molecular complexity index is 370. The molecule has 3 atom stereocenters. The van der Waals surface area contributed by atoms with Crippen molar-refractivity contribution in [3.8, 4) is 0 Å². The van der Waals surface area contributed by atoms with E-state index >= 15 is 0 Å². The van der Waals surface area contributed by atoms with Gasteiger partial charge in [0.1, 0.15) is 9.84 Å². The van der Waals surface area contributed by atoms with Crippen LogP contribution < -0.4 is 11.3 Å². The molecule has 1 rings (SSSR count). The molecule has 0 spiro atoms. The van der Waals surface area contributed by atoms with Gasteiger partial charge in [0, 0.05) is 12.3 Å². The van der Waals surface area contributed by atoms with Crippen molar-refractivity contribution >= 4 is 9.84 Å². The van der Waals surface area contributed by atoms with Gasteiger partial charge in [-0.25, -0.2) is 8.42 Å². The van der Waals surface area contributed by atoms with Crippen molar-refractivity contribution in [2.75, 3.05) is 6.26 Å². The van der Waals surface area contributed by atoms with Gasteiger partial charge >= 0.3 is 0 Å². The first-order chi connectivity index (χ1) is 9.99. The third-order valence-electron chi connectivity index (χ3n) is 4.92. The van der Waals surface area contributed by atoms with Crippen LogP contribution in [0.5, 0.6) is 0 Å². The molecular formula is C16H34N2O2S. The number of nitrogens with one attached hydrogen (secondary N) is 1. The minimum absolute atomic E-state index is 0.156. The topological polar surface area (TPSA) is 72.2 Å². The van der Waals surface area contributed by atoms with Crippen LogP contribution in [0.1, 0.15) is 77.6 Å². The van der Waals surface area contributed by atoms with Crippen molar-refractivity contribution in [3.63, 3.8) is 0 Å². The van der Waals surface area contributed by atoms with Crippen LogP contribution in [0.25, 0.3) is 0 Å². The number of rotatable bonds is 10. The molecule has 0 amide bonds. The highest BCUT2D eigenvalue weighted by Gasteiger charge is 2.32. The number of hydrazine groups is 1. The van der Waals surface area contributed by atoms with E-state index in [9.17, 15) is 8.42 Å². The molecule has 1 fully saturated rings. The van der Waals surface area contributed by atoms with Crippen molar-refractivity contribution in [1.82, 2.24) is 5.43 Å². The van der Waals surface area contributed by atoms with Gasteiger partial charge in [0.15, 0.2) is 0 Å². The predicted octanol–water partition coefficient (Wildman–Crippen LogP) is 3.17. The summed E-state index contributed by atoms with van der Waals surface area (Å²) in [5, 5.41) is -0.156. The Hall–Kier alpha value is -0.130. The molecule has 0 aromatic rings. The van der Waals surface area contributed by atoms with Crippen LogP contribution in [0.2, 0.25) is 0 Å². The van der Waals surface area contributed by atoms with Gasteiger partial charge in [0.25, 0.3) is 0 Å². The monoisotopic (exact) mass is 318 g/mol. The van der Waals surface area contributed by atoms with Crippen LogP contribution in [0.15, 0.2) is 0 Å². The highest BCUT2D eigenvalue weighted by Crippen LogP contribution is 2.32. The molecule has 0 radical (unpaired) electrons. The highest BCUT2D eigenvalue weighted by atomic mass is 32.2. The summed E-state index contributed by atoms with van der Waals surface area (Å²) in [5.74, 6) is 6.14. The molecule has 0 aliphatic heterocycles. The Kier molecular flexibility index (Phi) is 8.83. The zero-order chi connectivity index (χ0) is 15.7. The van der Waals surface area contributed by atoms with Gasteiger partial charge in [-0.15, -0.1) is 0 Å². The zero-order valence-corrected chi connectivity index (χ0v) is 14.6. The third-order valence-corrected chi connectivity index (χ3v) is 6.56. The van der Waals surface area contributed by atoms with E-state index in [1.165, 1.54) is 44.8 Å². The molecule has 1 aliphatic carbocycles. The molecule has 1 saturated carbocycles. The number of sulfone groups is 1. The molecular weight excluding hydrogens is 284 g/mol. The van der Waals surface area contributed by atoms with E-state index in [1.54, 1.807) is 0 Å². The van der Waals surface area contributed by atoms with Crippen LogP contribution in [0.4, 0.5) is 0 Å². The fourth-order valence-electron chi connectivity index (χ4n) is 3.54. The SMILES string of the molecule is CCCCCCCCC(NN)C1CCCC(S(C)(=O)=O)C1.